The molecular formula is C8H4BrF3N2. The second-order valence-corrected chi connectivity index (χ2v) is 3.29. The lowest BCUT2D eigenvalue weighted by Crippen LogP contribution is -2.08. The van der Waals surface area contributed by atoms with Crippen LogP contribution in [0, 0.1) is 11.3 Å². The molecule has 0 amide bonds. The van der Waals surface area contributed by atoms with E-state index in [-0.39, 0.29) is 15.7 Å². The number of rotatable bonds is 0. The molecule has 2 N–H and O–H groups in total. The van der Waals surface area contributed by atoms with Crippen LogP contribution in [0.5, 0.6) is 0 Å². The van der Waals surface area contributed by atoms with Gasteiger partial charge in [0.1, 0.15) is 6.07 Å². The van der Waals surface area contributed by atoms with Gasteiger partial charge in [-0.05, 0) is 28.1 Å². The maximum atomic E-state index is 12.3. The van der Waals surface area contributed by atoms with Crippen LogP contribution in [-0.4, -0.2) is 0 Å². The first-order valence-corrected chi connectivity index (χ1v) is 4.22. The van der Waals surface area contributed by atoms with Gasteiger partial charge in [-0.2, -0.15) is 18.4 Å². The van der Waals surface area contributed by atoms with Gasteiger partial charge in [-0.25, -0.2) is 0 Å². The summed E-state index contributed by atoms with van der Waals surface area (Å²) in [4.78, 5) is 0. The maximum Gasteiger partial charge on any atom is 0.417 e. The summed E-state index contributed by atoms with van der Waals surface area (Å²) in [7, 11) is 0. The summed E-state index contributed by atoms with van der Waals surface area (Å²) in [6.07, 6.45) is -4.49. The second kappa shape index (κ2) is 3.50. The van der Waals surface area contributed by atoms with Crippen molar-refractivity contribution >= 4 is 21.6 Å². The van der Waals surface area contributed by atoms with Gasteiger partial charge < -0.3 is 5.73 Å². The summed E-state index contributed by atoms with van der Waals surface area (Å²) in [6, 6.07) is 3.50. The Kier molecular flexibility index (Phi) is 2.71. The van der Waals surface area contributed by atoms with Crippen molar-refractivity contribution in [3.05, 3.63) is 27.7 Å². The number of hydrogen-bond acceptors (Lipinski definition) is 2. The first-order chi connectivity index (χ1) is 6.38. The van der Waals surface area contributed by atoms with Crippen molar-refractivity contribution in [2.45, 2.75) is 6.18 Å². The molecule has 6 heteroatoms. The minimum absolute atomic E-state index is 0.0207. The third-order valence-electron chi connectivity index (χ3n) is 1.59. The Morgan fingerprint density at radius 1 is 1.36 bits per heavy atom. The molecule has 0 aromatic heterocycles. The van der Waals surface area contributed by atoms with Crippen LogP contribution in [0.2, 0.25) is 0 Å². The molecule has 0 heterocycles. The number of benzene rings is 1. The molecule has 0 aliphatic rings. The van der Waals surface area contributed by atoms with Crippen LogP contribution >= 0.6 is 15.9 Å². The molecule has 0 unspecified atom stereocenters. The van der Waals surface area contributed by atoms with Crippen LogP contribution in [0.15, 0.2) is 16.6 Å². The van der Waals surface area contributed by atoms with E-state index >= 15 is 0 Å². The van der Waals surface area contributed by atoms with Gasteiger partial charge in [0.15, 0.2) is 0 Å². The van der Waals surface area contributed by atoms with E-state index in [2.05, 4.69) is 15.9 Å². The Morgan fingerprint density at radius 3 is 2.36 bits per heavy atom. The monoisotopic (exact) mass is 264 g/mol. The Morgan fingerprint density at radius 2 is 1.93 bits per heavy atom. The molecule has 0 fully saturated rings. The summed E-state index contributed by atoms with van der Waals surface area (Å²) in [5.41, 5.74) is 4.25. The fourth-order valence-corrected chi connectivity index (χ4v) is 1.60. The maximum absolute atomic E-state index is 12.3. The molecule has 1 rings (SSSR count). The van der Waals surface area contributed by atoms with Gasteiger partial charge in [0.25, 0.3) is 0 Å². The summed E-state index contributed by atoms with van der Waals surface area (Å²) in [6.45, 7) is 0. The van der Waals surface area contributed by atoms with Crippen LogP contribution in [0.25, 0.3) is 0 Å². The first-order valence-electron chi connectivity index (χ1n) is 3.43. The number of nitriles is 1. The molecule has 0 saturated carbocycles. The Bertz CT molecular complexity index is 406. The van der Waals surface area contributed by atoms with Gasteiger partial charge in [-0.3, -0.25) is 0 Å². The quantitative estimate of drug-likeness (QED) is 0.733. The minimum atomic E-state index is -4.49. The lowest BCUT2D eigenvalue weighted by Gasteiger charge is -2.10. The summed E-state index contributed by atoms with van der Waals surface area (Å²) >= 11 is 2.71. The van der Waals surface area contributed by atoms with E-state index in [1.165, 1.54) is 0 Å². The SMILES string of the molecule is N#Cc1c(N)ccc(C(F)(F)F)c1Br. The molecule has 0 aliphatic heterocycles. The number of nitrogens with two attached hydrogens (primary N) is 1. The zero-order valence-electron chi connectivity index (χ0n) is 6.69. The third kappa shape index (κ3) is 1.82. The third-order valence-corrected chi connectivity index (χ3v) is 2.42. The van der Waals surface area contributed by atoms with E-state index in [1.807, 2.05) is 0 Å². The number of nitrogen functional groups attached to an aromatic ring is 1. The summed E-state index contributed by atoms with van der Waals surface area (Å²) < 4.78 is 36.6. The predicted octanol–water partition coefficient (Wildman–Crippen LogP) is 2.92. The first kappa shape index (κ1) is 10.9. The zero-order valence-corrected chi connectivity index (χ0v) is 8.28. The van der Waals surface area contributed by atoms with Crippen molar-refractivity contribution in [3.63, 3.8) is 0 Å². The molecule has 0 saturated heterocycles. The van der Waals surface area contributed by atoms with Crippen LogP contribution in [0.4, 0.5) is 18.9 Å². The fourth-order valence-electron chi connectivity index (χ4n) is 0.924. The van der Waals surface area contributed by atoms with Gasteiger partial charge in [-0.1, -0.05) is 0 Å². The van der Waals surface area contributed by atoms with Gasteiger partial charge in [0.2, 0.25) is 0 Å². The van der Waals surface area contributed by atoms with Gasteiger partial charge in [0, 0.05) is 4.47 Å². The van der Waals surface area contributed by atoms with Gasteiger partial charge >= 0.3 is 6.18 Å². The number of nitrogens with zero attached hydrogens (tertiary/aromatic N) is 1. The normalized spacial score (nSPS) is 11.1. The molecule has 1 aromatic carbocycles. The minimum Gasteiger partial charge on any atom is -0.398 e. The number of anilines is 1. The van der Waals surface area contributed by atoms with Crippen molar-refractivity contribution < 1.29 is 13.2 Å². The largest absolute Gasteiger partial charge is 0.417 e. The average molecular weight is 265 g/mol. The highest BCUT2D eigenvalue weighted by Crippen LogP contribution is 2.37. The zero-order chi connectivity index (χ0) is 10.9. The number of hydrogen-bond donors (Lipinski definition) is 1. The average Bonchev–Trinajstić information content (AvgIpc) is 2.02. The van der Waals surface area contributed by atoms with Crippen LogP contribution in [0.3, 0.4) is 0 Å². The molecule has 0 bridgehead atoms. The Labute approximate surface area is 86.3 Å². The van der Waals surface area contributed by atoms with E-state index < -0.39 is 11.7 Å². The van der Waals surface area contributed by atoms with Crippen molar-refractivity contribution in [1.82, 2.24) is 0 Å². The number of halogens is 4. The molecule has 0 radical (unpaired) electrons. The van der Waals surface area contributed by atoms with Crippen molar-refractivity contribution in [2.75, 3.05) is 5.73 Å². The van der Waals surface area contributed by atoms with E-state index in [9.17, 15) is 13.2 Å². The lowest BCUT2D eigenvalue weighted by molar-refractivity contribution is -0.138. The number of alkyl halides is 3. The van der Waals surface area contributed by atoms with E-state index in [1.54, 1.807) is 6.07 Å². The van der Waals surface area contributed by atoms with Crippen LogP contribution in [0.1, 0.15) is 11.1 Å². The van der Waals surface area contributed by atoms with Crippen molar-refractivity contribution in [2.24, 2.45) is 0 Å². The standard InChI is InChI=1S/C8H4BrF3N2/c9-7-4(3-13)6(14)2-1-5(7)8(10,11)12/h1-2H,14H2. The highest BCUT2D eigenvalue weighted by atomic mass is 79.9. The molecular weight excluding hydrogens is 261 g/mol. The molecule has 0 spiro atoms. The smallest absolute Gasteiger partial charge is 0.398 e. The molecule has 14 heavy (non-hydrogen) atoms. The van der Waals surface area contributed by atoms with Gasteiger partial charge in [-0.15, -0.1) is 0 Å². The highest BCUT2D eigenvalue weighted by molar-refractivity contribution is 9.10. The Hall–Kier alpha value is -1.22. The summed E-state index contributed by atoms with van der Waals surface area (Å²) in [5, 5.41) is 8.56. The summed E-state index contributed by atoms with van der Waals surface area (Å²) in [5.74, 6) is 0. The topological polar surface area (TPSA) is 49.8 Å². The molecule has 0 atom stereocenters. The predicted molar refractivity (Wildman–Crippen MR) is 48.3 cm³/mol. The molecule has 0 aliphatic carbocycles. The van der Waals surface area contributed by atoms with Crippen molar-refractivity contribution in [1.29, 1.82) is 5.26 Å². The van der Waals surface area contributed by atoms with Crippen LogP contribution in [-0.2, 0) is 6.18 Å². The van der Waals surface area contributed by atoms with Crippen LogP contribution < -0.4 is 5.73 Å². The molecule has 1 aromatic rings. The Balaban J connectivity index is 3.46. The van der Waals surface area contributed by atoms with E-state index in [0.717, 1.165) is 12.1 Å². The van der Waals surface area contributed by atoms with Gasteiger partial charge in [0.05, 0.1) is 16.8 Å². The van der Waals surface area contributed by atoms with E-state index in [4.69, 9.17) is 11.0 Å². The highest BCUT2D eigenvalue weighted by Gasteiger charge is 2.34. The molecule has 2 nitrogen and oxygen atoms in total. The van der Waals surface area contributed by atoms with Crippen molar-refractivity contribution in [3.8, 4) is 6.07 Å². The fraction of sp³-hybridized carbons (Fsp3) is 0.125. The van der Waals surface area contributed by atoms with E-state index in [0.29, 0.717) is 0 Å². The molecule has 74 valence electrons. The second-order valence-electron chi connectivity index (χ2n) is 2.50. The lowest BCUT2D eigenvalue weighted by atomic mass is 10.1.